The van der Waals surface area contributed by atoms with E-state index in [4.69, 9.17) is 27.1 Å². The Bertz CT molecular complexity index is 1610. The van der Waals surface area contributed by atoms with Gasteiger partial charge in [-0.1, -0.05) is 39.0 Å². The number of rotatable bonds is 9. The zero-order valence-electron chi connectivity index (χ0n) is 28.0. The molecule has 4 aromatic rings. The van der Waals surface area contributed by atoms with Crippen molar-refractivity contribution in [2.75, 3.05) is 13.5 Å². The van der Waals surface area contributed by atoms with Crippen LogP contribution in [0.1, 0.15) is 79.9 Å². The molecule has 0 saturated heterocycles. The summed E-state index contributed by atoms with van der Waals surface area (Å²) in [6, 6.07) is 14.5. The molecule has 9 heteroatoms. The monoisotopic (exact) mass is 668 g/mol. The smallest absolute Gasteiger partial charge is 0.224 e. The number of primary amides is 1. The number of alkyl halides is 1. The molecule has 2 heterocycles. The van der Waals surface area contributed by atoms with Crippen LogP contribution in [0.2, 0.25) is 5.02 Å². The Balaban J connectivity index is 0.000000977. The maximum atomic E-state index is 13.8. The third kappa shape index (κ3) is 9.43. The second-order valence-corrected chi connectivity index (χ2v) is 11.2. The number of aromatic nitrogens is 2. The van der Waals surface area contributed by atoms with Crippen LogP contribution in [0.3, 0.4) is 0 Å². The van der Waals surface area contributed by atoms with Gasteiger partial charge in [-0.2, -0.15) is 0 Å². The fourth-order valence-corrected chi connectivity index (χ4v) is 5.74. The number of hydrogen-bond acceptors (Lipinski definition) is 5. The molecule has 0 spiro atoms. The van der Waals surface area contributed by atoms with Crippen LogP contribution < -0.4 is 16.2 Å². The average Bonchev–Trinajstić information content (AvgIpc) is 3.90. The number of carbonyl (C=O) groups is 1. The summed E-state index contributed by atoms with van der Waals surface area (Å²) in [5, 5.41) is 1.55. The molecule has 2 aromatic carbocycles. The lowest BCUT2D eigenvalue weighted by molar-refractivity contribution is -0.119. The number of ether oxygens (including phenoxy) is 1. The van der Waals surface area contributed by atoms with E-state index in [0.717, 1.165) is 69.5 Å². The highest BCUT2D eigenvalue weighted by Gasteiger charge is 2.35. The summed E-state index contributed by atoms with van der Waals surface area (Å²) >= 11 is 11.0. The van der Waals surface area contributed by atoms with E-state index in [2.05, 4.69) is 41.0 Å². The maximum Gasteiger partial charge on any atom is 0.224 e. The lowest BCUT2D eigenvalue weighted by atomic mass is 9.85. The first-order valence-corrected chi connectivity index (χ1v) is 16.7. The molecule has 1 aliphatic carbocycles. The molecule has 6 nitrogen and oxygen atoms in total. The topological polar surface area (TPSA) is 104 Å². The van der Waals surface area contributed by atoms with Crippen molar-refractivity contribution in [2.45, 2.75) is 72.1 Å². The van der Waals surface area contributed by atoms with E-state index in [9.17, 15) is 9.18 Å². The number of halogens is 3. The van der Waals surface area contributed by atoms with Crippen molar-refractivity contribution >= 4 is 40.0 Å². The minimum absolute atomic E-state index is 0.130. The Morgan fingerprint density at radius 3 is 2.24 bits per heavy atom. The number of nitrogens with two attached hydrogens (primary N) is 2. The largest absolute Gasteiger partial charge is 0.494 e. The van der Waals surface area contributed by atoms with Gasteiger partial charge in [0.25, 0.3) is 0 Å². The van der Waals surface area contributed by atoms with Gasteiger partial charge in [-0.05, 0) is 117 Å². The van der Waals surface area contributed by atoms with E-state index in [0.29, 0.717) is 23.1 Å². The van der Waals surface area contributed by atoms with Gasteiger partial charge in [0.2, 0.25) is 5.91 Å². The molecule has 248 valence electrons. The second kappa shape index (κ2) is 18.5. The predicted molar refractivity (Wildman–Crippen MR) is 191 cm³/mol. The number of aryl methyl sites for hydroxylation is 1. The van der Waals surface area contributed by atoms with E-state index in [1.54, 1.807) is 19.2 Å². The number of methoxy groups -OCH3 is 1. The summed E-state index contributed by atoms with van der Waals surface area (Å²) in [5.74, 6) is 0.227. The van der Waals surface area contributed by atoms with Crippen molar-refractivity contribution in [3.63, 3.8) is 0 Å². The van der Waals surface area contributed by atoms with Crippen LogP contribution >= 0.6 is 23.2 Å². The summed E-state index contributed by atoms with van der Waals surface area (Å²) in [6.45, 7) is 13.0. The maximum absolute atomic E-state index is 13.8. The number of fused-ring (bicyclic) bond motifs is 1. The number of pyridine rings is 2. The first-order valence-electron chi connectivity index (χ1n) is 15.5. The normalized spacial score (nSPS) is 13.1. The third-order valence-corrected chi connectivity index (χ3v) is 8.28. The minimum Gasteiger partial charge on any atom is -0.494 e. The van der Waals surface area contributed by atoms with Gasteiger partial charge >= 0.3 is 0 Å². The van der Waals surface area contributed by atoms with Crippen molar-refractivity contribution in [2.24, 2.45) is 17.4 Å². The molecular formula is C37H47Cl2FN4O2. The zero-order valence-corrected chi connectivity index (χ0v) is 29.5. The second-order valence-electron chi connectivity index (χ2n) is 10.8. The predicted octanol–water partition coefficient (Wildman–Crippen LogP) is 9.40. The highest BCUT2D eigenvalue weighted by atomic mass is 35.5. The Kier molecular flexibility index (Phi) is 15.5. The standard InChI is InChI=1S/C32H33ClFN3O2.C2H5N.C2H6.CH3Cl/c1-5-24(32(35)38)25-16-28(37-30(17(25)2)21-8-10-23(34)11-9-21)26(20-6-7-20)13-19-12-22-15-27(33)18(3)36-31(22)29(14-19)39-4;1-2-3;2*1-2/h8-12,14-16,20,24,26H,5-7,13H2,1-4H3,(H2,35,38);2H,1,3H2;1-2H3;1H3. The molecule has 2 unspecified atom stereocenters. The molecule has 4 N–H and O–H groups in total. The van der Waals surface area contributed by atoms with Crippen molar-refractivity contribution in [1.82, 2.24) is 9.97 Å². The van der Waals surface area contributed by atoms with Gasteiger partial charge in [-0.3, -0.25) is 9.78 Å². The van der Waals surface area contributed by atoms with Gasteiger partial charge in [0.1, 0.15) is 17.1 Å². The van der Waals surface area contributed by atoms with E-state index in [1.165, 1.54) is 24.7 Å². The molecule has 0 radical (unpaired) electrons. The lowest BCUT2D eigenvalue weighted by Gasteiger charge is -2.23. The van der Waals surface area contributed by atoms with Gasteiger partial charge in [0, 0.05) is 28.9 Å². The number of carbonyl (C=O) groups excluding carboxylic acids is 1. The Morgan fingerprint density at radius 1 is 1.11 bits per heavy atom. The molecule has 1 amide bonds. The molecule has 0 aliphatic heterocycles. The molecule has 1 aliphatic rings. The first-order chi connectivity index (χ1) is 22.1. The van der Waals surface area contributed by atoms with Crippen LogP contribution in [0.15, 0.2) is 61.3 Å². The van der Waals surface area contributed by atoms with E-state index in [1.807, 2.05) is 46.8 Å². The highest BCUT2D eigenvalue weighted by Crippen LogP contribution is 2.46. The molecule has 2 atom stereocenters. The van der Waals surface area contributed by atoms with E-state index >= 15 is 0 Å². The van der Waals surface area contributed by atoms with E-state index in [-0.39, 0.29) is 17.6 Å². The molecule has 0 bridgehead atoms. The summed E-state index contributed by atoms with van der Waals surface area (Å²) in [4.78, 5) is 22.3. The van der Waals surface area contributed by atoms with Gasteiger partial charge in [-0.25, -0.2) is 9.37 Å². The molecule has 1 fully saturated rings. The van der Waals surface area contributed by atoms with Crippen LogP contribution in [-0.2, 0) is 11.2 Å². The number of nitrogens with zero attached hydrogens (tertiary/aromatic N) is 2. The van der Waals surface area contributed by atoms with Gasteiger partial charge in [0.05, 0.1) is 29.4 Å². The van der Waals surface area contributed by atoms with Crippen LogP contribution in [0.5, 0.6) is 5.75 Å². The van der Waals surface area contributed by atoms with E-state index < -0.39 is 5.92 Å². The third-order valence-electron chi connectivity index (χ3n) is 7.90. The van der Waals surface area contributed by atoms with Crippen molar-refractivity contribution < 1.29 is 13.9 Å². The van der Waals surface area contributed by atoms with Crippen LogP contribution in [0.25, 0.3) is 22.2 Å². The Hall–Kier alpha value is -3.68. The summed E-state index contributed by atoms with van der Waals surface area (Å²) < 4.78 is 19.5. The molecule has 5 rings (SSSR count). The fourth-order valence-electron chi connectivity index (χ4n) is 5.58. The van der Waals surface area contributed by atoms with Crippen molar-refractivity contribution in [3.8, 4) is 17.0 Å². The van der Waals surface area contributed by atoms with Crippen LogP contribution in [-0.4, -0.2) is 29.4 Å². The summed E-state index contributed by atoms with van der Waals surface area (Å²) in [7, 11) is 1.65. The summed E-state index contributed by atoms with van der Waals surface area (Å²) in [6.07, 6.45) is 6.29. The van der Waals surface area contributed by atoms with Crippen molar-refractivity contribution in [1.29, 1.82) is 0 Å². The van der Waals surface area contributed by atoms with Gasteiger partial charge in [-0.15, -0.1) is 11.6 Å². The highest BCUT2D eigenvalue weighted by molar-refractivity contribution is 6.31. The van der Waals surface area contributed by atoms with Gasteiger partial charge in [0.15, 0.2) is 0 Å². The number of amides is 1. The lowest BCUT2D eigenvalue weighted by Crippen LogP contribution is -2.22. The van der Waals surface area contributed by atoms with Gasteiger partial charge < -0.3 is 16.2 Å². The molecule has 2 aromatic heterocycles. The first kappa shape index (κ1) is 38.5. The van der Waals surface area contributed by atoms with Crippen LogP contribution in [0.4, 0.5) is 4.39 Å². The number of benzene rings is 2. The molecule has 1 saturated carbocycles. The summed E-state index contributed by atoms with van der Waals surface area (Å²) in [5.41, 5.74) is 17.4. The fraction of sp³-hybridized carbons (Fsp3) is 0.378. The quantitative estimate of drug-likeness (QED) is 0.173. The average molecular weight is 670 g/mol. The zero-order chi connectivity index (χ0) is 34.6. The minimum atomic E-state index is -0.428. The van der Waals surface area contributed by atoms with Crippen molar-refractivity contribution in [3.05, 3.63) is 100 Å². The molecule has 46 heavy (non-hydrogen) atoms. The Labute approximate surface area is 283 Å². The number of hydrogen-bond donors (Lipinski definition) is 2. The SMILES string of the molecule is C=CN.CC.CCC(C(N)=O)c1cc(C(Cc2cc(OC)c3nc(C)c(Cl)cc3c2)C2CC2)nc(-c2ccc(F)cc2)c1C.CCl. The molecular weight excluding hydrogens is 622 g/mol. The Morgan fingerprint density at radius 2 is 1.72 bits per heavy atom. The van der Waals surface area contributed by atoms with Crippen LogP contribution in [0, 0.1) is 25.6 Å².